The summed E-state index contributed by atoms with van der Waals surface area (Å²) in [7, 11) is 0. The predicted molar refractivity (Wildman–Crippen MR) is 47.4 cm³/mol. The Hall–Kier alpha value is -0.860. The molecule has 0 aromatic rings. The second-order valence-electron chi connectivity index (χ2n) is 3.96. The van der Waals surface area contributed by atoms with Crippen molar-refractivity contribution in [2.45, 2.75) is 45.3 Å². The van der Waals surface area contributed by atoms with E-state index in [1.807, 2.05) is 20.8 Å². The van der Waals surface area contributed by atoms with Crippen LogP contribution < -0.4 is 0 Å². The van der Waals surface area contributed by atoms with E-state index in [0.717, 1.165) is 12.8 Å². The zero-order valence-corrected chi connectivity index (χ0v) is 7.83. The van der Waals surface area contributed by atoms with Crippen LogP contribution in [0.1, 0.15) is 33.6 Å². The van der Waals surface area contributed by atoms with Crippen LogP contribution in [0.25, 0.3) is 0 Å². The fraction of sp³-hybridized carbons (Fsp3) is 0.778. The maximum atomic E-state index is 11.3. The highest BCUT2D eigenvalue weighted by Crippen LogP contribution is 2.14. The molecule has 68 valence electrons. The molecule has 0 spiro atoms. The first kappa shape index (κ1) is 9.23. The first-order chi connectivity index (χ1) is 5.49. The van der Waals surface area contributed by atoms with Crippen LogP contribution in [0.15, 0.2) is 4.99 Å². The van der Waals surface area contributed by atoms with Gasteiger partial charge in [-0.3, -0.25) is 4.99 Å². The lowest BCUT2D eigenvalue weighted by molar-refractivity contribution is -0.156. The molecule has 0 fully saturated rings. The molecule has 1 atom stereocenters. The van der Waals surface area contributed by atoms with E-state index in [9.17, 15) is 4.79 Å². The number of carbonyl (C=O) groups excluding carboxylic acids is 1. The standard InChI is InChI=1S/C9H15NO2/c1-9(2,3)12-8(11)7-5-4-6-10-7/h6-7H,4-5H2,1-3H3. The van der Waals surface area contributed by atoms with Crippen molar-refractivity contribution >= 4 is 12.2 Å². The summed E-state index contributed by atoms with van der Waals surface area (Å²) in [6.07, 6.45) is 3.48. The molecule has 3 heteroatoms. The quantitative estimate of drug-likeness (QED) is 0.559. The molecule has 0 aromatic carbocycles. The highest BCUT2D eigenvalue weighted by atomic mass is 16.6. The Bertz CT molecular complexity index is 203. The number of hydrogen-bond acceptors (Lipinski definition) is 3. The number of esters is 1. The SMILES string of the molecule is CC(C)(C)OC(=O)C1CCC=N1. The van der Waals surface area contributed by atoms with Crippen LogP contribution >= 0.6 is 0 Å². The summed E-state index contributed by atoms with van der Waals surface area (Å²) in [6, 6.07) is -0.246. The van der Waals surface area contributed by atoms with Gasteiger partial charge in [-0.05, 0) is 39.8 Å². The summed E-state index contributed by atoms with van der Waals surface area (Å²) in [4.78, 5) is 15.3. The summed E-state index contributed by atoms with van der Waals surface area (Å²) in [5.41, 5.74) is -0.394. The molecule has 0 aliphatic carbocycles. The van der Waals surface area contributed by atoms with Gasteiger partial charge in [-0.1, -0.05) is 0 Å². The number of aliphatic imine (C=N–C) groups is 1. The number of rotatable bonds is 1. The first-order valence-electron chi connectivity index (χ1n) is 4.23. The van der Waals surface area contributed by atoms with Crippen molar-refractivity contribution in [3.63, 3.8) is 0 Å². The van der Waals surface area contributed by atoms with Gasteiger partial charge < -0.3 is 4.74 Å². The molecule has 12 heavy (non-hydrogen) atoms. The maximum Gasteiger partial charge on any atom is 0.331 e. The fourth-order valence-corrected chi connectivity index (χ4v) is 1.06. The van der Waals surface area contributed by atoms with Crippen LogP contribution in [0.5, 0.6) is 0 Å². The van der Waals surface area contributed by atoms with Crippen molar-refractivity contribution in [2.24, 2.45) is 4.99 Å². The molecule has 0 saturated heterocycles. The third-order valence-electron chi connectivity index (χ3n) is 1.53. The summed E-state index contributed by atoms with van der Waals surface area (Å²) in [5, 5.41) is 0. The third kappa shape index (κ3) is 2.64. The van der Waals surface area contributed by atoms with Gasteiger partial charge in [0.15, 0.2) is 0 Å². The van der Waals surface area contributed by atoms with Crippen LogP contribution in [0.4, 0.5) is 0 Å². The minimum atomic E-state index is -0.394. The zero-order chi connectivity index (χ0) is 9.19. The van der Waals surface area contributed by atoms with Gasteiger partial charge in [-0.2, -0.15) is 0 Å². The van der Waals surface area contributed by atoms with E-state index >= 15 is 0 Å². The van der Waals surface area contributed by atoms with Crippen LogP contribution in [0.2, 0.25) is 0 Å². The molecule has 0 N–H and O–H groups in total. The monoisotopic (exact) mass is 169 g/mol. The highest BCUT2D eigenvalue weighted by molar-refractivity contribution is 5.80. The van der Waals surface area contributed by atoms with E-state index in [1.165, 1.54) is 0 Å². The molecule has 3 nitrogen and oxygen atoms in total. The van der Waals surface area contributed by atoms with Gasteiger partial charge >= 0.3 is 5.97 Å². The summed E-state index contributed by atoms with van der Waals surface area (Å²) >= 11 is 0. The van der Waals surface area contributed by atoms with E-state index in [2.05, 4.69) is 4.99 Å². The molecule has 0 radical (unpaired) electrons. The van der Waals surface area contributed by atoms with E-state index < -0.39 is 5.60 Å². The second-order valence-corrected chi connectivity index (χ2v) is 3.96. The molecule has 1 rings (SSSR count). The first-order valence-corrected chi connectivity index (χ1v) is 4.23. The van der Waals surface area contributed by atoms with E-state index in [4.69, 9.17) is 4.74 Å². The number of carbonyl (C=O) groups is 1. The lowest BCUT2D eigenvalue weighted by Crippen LogP contribution is -2.29. The lowest BCUT2D eigenvalue weighted by atomic mass is 10.1. The molecular weight excluding hydrogens is 154 g/mol. The predicted octanol–water partition coefficient (Wildman–Crippen LogP) is 1.56. The van der Waals surface area contributed by atoms with Gasteiger partial charge in [-0.15, -0.1) is 0 Å². The Kier molecular flexibility index (Phi) is 2.50. The lowest BCUT2D eigenvalue weighted by Gasteiger charge is -2.20. The van der Waals surface area contributed by atoms with Gasteiger partial charge in [0.2, 0.25) is 0 Å². The van der Waals surface area contributed by atoms with Crippen molar-refractivity contribution in [1.29, 1.82) is 0 Å². The maximum absolute atomic E-state index is 11.3. The average molecular weight is 169 g/mol. The van der Waals surface area contributed by atoms with Crippen molar-refractivity contribution in [1.82, 2.24) is 0 Å². The molecule has 0 amide bonds. The Morgan fingerprint density at radius 3 is 2.67 bits per heavy atom. The minimum absolute atomic E-state index is 0.198. The van der Waals surface area contributed by atoms with Gasteiger partial charge in [-0.25, -0.2) is 4.79 Å². The molecule has 1 aliphatic rings. The van der Waals surface area contributed by atoms with Gasteiger partial charge in [0.1, 0.15) is 11.6 Å². The minimum Gasteiger partial charge on any atom is -0.458 e. The largest absolute Gasteiger partial charge is 0.458 e. The Labute approximate surface area is 72.8 Å². The van der Waals surface area contributed by atoms with Gasteiger partial charge in [0.05, 0.1) is 0 Å². The molecule has 1 heterocycles. The summed E-state index contributed by atoms with van der Waals surface area (Å²) in [5.74, 6) is -0.198. The fourth-order valence-electron chi connectivity index (χ4n) is 1.06. The van der Waals surface area contributed by atoms with Crippen LogP contribution in [0, 0.1) is 0 Å². The Morgan fingerprint density at radius 2 is 2.25 bits per heavy atom. The van der Waals surface area contributed by atoms with E-state index in [-0.39, 0.29) is 12.0 Å². The Morgan fingerprint density at radius 1 is 1.58 bits per heavy atom. The summed E-state index contributed by atoms with van der Waals surface area (Å²) < 4.78 is 5.17. The Balaban J connectivity index is 2.43. The van der Waals surface area contributed by atoms with Gasteiger partial charge in [0.25, 0.3) is 0 Å². The van der Waals surface area contributed by atoms with Gasteiger partial charge in [0, 0.05) is 0 Å². The highest BCUT2D eigenvalue weighted by Gasteiger charge is 2.25. The molecular formula is C9H15NO2. The molecule has 0 saturated carbocycles. The second kappa shape index (κ2) is 3.25. The third-order valence-corrected chi connectivity index (χ3v) is 1.53. The van der Waals surface area contributed by atoms with Crippen LogP contribution in [-0.2, 0) is 9.53 Å². The smallest absolute Gasteiger partial charge is 0.331 e. The topological polar surface area (TPSA) is 38.7 Å². The van der Waals surface area contributed by atoms with Crippen LogP contribution in [0.3, 0.4) is 0 Å². The van der Waals surface area contributed by atoms with E-state index in [1.54, 1.807) is 6.21 Å². The van der Waals surface area contributed by atoms with Crippen molar-refractivity contribution in [3.8, 4) is 0 Å². The van der Waals surface area contributed by atoms with Crippen LogP contribution in [-0.4, -0.2) is 23.8 Å². The van der Waals surface area contributed by atoms with E-state index in [0.29, 0.717) is 0 Å². The van der Waals surface area contributed by atoms with Crippen molar-refractivity contribution in [3.05, 3.63) is 0 Å². The van der Waals surface area contributed by atoms with Crippen molar-refractivity contribution < 1.29 is 9.53 Å². The molecule has 1 unspecified atom stereocenters. The normalized spacial score (nSPS) is 22.8. The van der Waals surface area contributed by atoms with Crippen molar-refractivity contribution in [2.75, 3.05) is 0 Å². The molecule has 1 aliphatic heterocycles. The number of nitrogens with zero attached hydrogens (tertiary/aromatic N) is 1. The average Bonchev–Trinajstić information content (AvgIpc) is 2.32. The zero-order valence-electron chi connectivity index (χ0n) is 7.83. The molecule has 0 bridgehead atoms. The summed E-state index contributed by atoms with van der Waals surface area (Å²) in [6.45, 7) is 5.59. The number of hydrogen-bond donors (Lipinski definition) is 0. The molecule has 0 aromatic heterocycles. The number of ether oxygens (including phenoxy) is 1.